The molecule has 242 valence electrons. The Kier molecular flexibility index (Phi) is 9.50. The van der Waals surface area contributed by atoms with Crippen molar-refractivity contribution >= 4 is 40.7 Å². The van der Waals surface area contributed by atoms with E-state index >= 15 is 0 Å². The Morgan fingerprint density at radius 3 is 2.04 bits per heavy atom. The second-order valence-electron chi connectivity index (χ2n) is 11.9. The molecule has 1 amide bonds. The highest BCUT2D eigenvalue weighted by Gasteiger charge is 2.36. The minimum atomic E-state index is -0.695. The first kappa shape index (κ1) is 32.4. The predicted octanol–water partition coefficient (Wildman–Crippen LogP) is 7.86. The first-order chi connectivity index (χ1) is 23.2. The fourth-order valence-electron chi connectivity index (χ4n) is 5.51. The Morgan fingerprint density at radius 2 is 1.40 bits per heavy atom. The van der Waals surface area contributed by atoms with Gasteiger partial charge in [0.2, 0.25) is 5.91 Å². The van der Waals surface area contributed by atoms with Crippen LogP contribution in [-0.4, -0.2) is 36.8 Å². The van der Waals surface area contributed by atoms with E-state index in [0.29, 0.717) is 33.4 Å². The molecular formula is C39H33NO7S. The van der Waals surface area contributed by atoms with E-state index < -0.39 is 30.2 Å². The zero-order valence-electron chi connectivity index (χ0n) is 26.5. The maximum absolute atomic E-state index is 12.8. The SMILES string of the molecule is CC(C)(c1ccccc1)c1ccc(Oc2ccc(N3C[C@@H](C(=O)OCC(=O)c4ccc(OC(=O)c5cccs5)cc4)CC3=O)cc2)cc1. The van der Waals surface area contributed by atoms with Crippen LogP contribution in [0.1, 0.15) is 51.4 Å². The number of esters is 2. The summed E-state index contributed by atoms with van der Waals surface area (Å²) in [6, 6.07) is 34.9. The Labute approximate surface area is 282 Å². The Hall–Kier alpha value is -5.54. The van der Waals surface area contributed by atoms with Crippen LogP contribution in [0, 0.1) is 5.92 Å². The molecule has 1 fully saturated rings. The standard InChI is InChI=1S/C39H33NO7S/c1-39(2,28-7-4-3-5-8-28)29-12-18-31(19-13-29)46-32-20-14-30(15-21-32)40-24-27(23-36(40)42)37(43)45-25-34(41)26-10-16-33(17-11-26)47-38(44)35-9-6-22-48-35/h3-22,27H,23-25H2,1-2H3/t27-/m0/s1. The van der Waals surface area contributed by atoms with Crippen molar-refractivity contribution in [1.82, 2.24) is 0 Å². The lowest BCUT2D eigenvalue weighted by molar-refractivity contribution is -0.147. The van der Waals surface area contributed by atoms with Gasteiger partial charge in [-0.15, -0.1) is 11.3 Å². The number of amides is 1. The number of hydrogen-bond acceptors (Lipinski definition) is 8. The van der Waals surface area contributed by atoms with Crippen molar-refractivity contribution in [2.24, 2.45) is 5.92 Å². The molecule has 6 rings (SSSR count). The van der Waals surface area contributed by atoms with E-state index in [1.165, 1.54) is 51.6 Å². The van der Waals surface area contributed by atoms with Gasteiger partial charge in [0.05, 0.1) is 5.92 Å². The summed E-state index contributed by atoms with van der Waals surface area (Å²) in [6.07, 6.45) is -0.0126. The van der Waals surface area contributed by atoms with Gasteiger partial charge in [-0.3, -0.25) is 14.4 Å². The summed E-state index contributed by atoms with van der Waals surface area (Å²) in [5.74, 6) is -0.802. The van der Waals surface area contributed by atoms with Crippen molar-refractivity contribution in [3.63, 3.8) is 0 Å². The number of carbonyl (C=O) groups excluding carboxylic acids is 4. The van der Waals surface area contributed by atoms with Crippen molar-refractivity contribution < 1.29 is 33.4 Å². The molecule has 8 nitrogen and oxygen atoms in total. The van der Waals surface area contributed by atoms with Gasteiger partial charge in [-0.25, -0.2) is 4.79 Å². The third-order valence-corrected chi connectivity index (χ3v) is 9.22. The van der Waals surface area contributed by atoms with Gasteiger partial charge in [-0.2, -0.15) is 0 Å². The zero-order chi connectivity index (χ0) is 33.7. The number of hydrogen-bond donors (Lipinski definition) is 0. The van der Waals surface area contributed by atoms with E-state index in [1.54, 1.807) is 41.8 Å². The van der Waals surface area contributed by atoms with Gasteiger partial charge in [-0.1, -0.05) is 62.4 Å². The van der Waals surface area contributed by atoms with Crippen molar-refractivity contribution in [2.45, 2.75) is 25.7 Å². The molecule has 0 N–H and O–H groups in total. The lowest BCUT2D eigenvalue weighted by Crippen LogP contribution is -2.27. The molecule has 0 saturated carbocycles. The second-order valence-corrected chi connectivity index (χ2v) is 12.9. The van der Waals surface area contributed by atoms with E-state index in [2.05, 4.69) is 38.1 Å². The molecule has 1 aliphatic heterocycles. The molecule has 0 bridgehead atoms. The van der Waals surface area contributed by atoms with E-state index in [4.69, 9.17) is 14.2 Å². The van der Waals surface area contributed by atoms with Crippen LogP contribution in [-0.2, 0) is 19.7 Å². The lowest BCUT2D eigenvalue weighted by atomic mass is 9.78. The number of ketones is 1. The van der Waals surface area contributed by atoms with Crippen molar-refractivity contribution in [1.29, 1.82) is 0 Å². The third-order valence-electron chi connectivity index (χ3n) is 8.37. The second kappa shape index (κ2) is 14.1. The molecule has 5 aromatic rings. The van der Waals surface area contributed by atoms with Crippen LogP contribution in [0.25, 0.3) is 0 Å². The predicted molar refractivity (Wildman–Crippen MR) is 183 cm³/mol. The molecule has 2 heterocycles. The fraction of sp³-hybridized carbons (Fsp3) is 0.179. The molecule has 1 aromatic heterocycles. The summed E-state index contributed by atoms with van der Waals surface area (Å²) in [5, 5.41) is 1.78. The highest BCUT2D eigenvalue weighted by molar-refractivity contribution is 7.12. The van der Waals surface area contributed by atoms with Gasteiger partial charge in [0, 0.05) is 29.6 Å². The molecule has 0 unspecified atom stereocenters. The first-order valence-electron chi connectivity index (χ1n) is 15.5. The van der Waals surface area contributed by atoms with Gasteiger partial charge in [0.15, 0.2) is 12.4 Å². The van der Waals surface area contributed by atoms with E-state index in [-0.39, 0.29) is 24.3 Å². The fourth-order valence-corrected chi connectivity index (χ4v) is 6.10. The Bertz CT molecular complexity index is 1900. The number of carbonyl (C=O) groups is 4. The topological polar surface area (TPSA) is 99.2 Å². The van der Waals surface area contributed by atoms with Crippen molar-refractivity contribution in [2.75, 3.05) is 18.1 Å². The zero-order valence-corrected chi connectivity index (χ0v) is 27.3. The van der Waals surface area contributed by atoms with Crippen LogP contribution in [0.5, 0.6) is 17.2 Å². The largest absolute Gasteiger partial charge is 0.457 e. The number of nitrogens with zero attached hydrogens (tertiary/aromatic N) is 1. The molecule has 0 spiro atoms. The van der Waals surface area contributed by atoms with Crippen LogP contribution >= 0.6 is 11.3 Å². The lowest BCUT2D eigenvalue weighted by Gasteiger charge is -2.26. The van der Waals surface area contributed by atoms with Crippen LogP contribution in [0.3, 0.4) is 0 Å². The average molecular weight is 660 g/mol. The minimum absolute atomic E-state index is 0.0126. The molecule has 48 heavy (non-hydrogen) atoms. The van der Waals surface area contributed by atoms with Gasteiger partial charge in [-0.05, 0) is 83.2 Å². The van der Waals surface area contributed by atoms with Crippen LogP contribution in [0.2, 0.25) is 0 Å². The van der Waals surface area contributed by atoms with E-state index in [9.17, 15) is 19.2 Å². The van der Waals surface area contributed by atoms with Crippen molar-refractivity contribution in [3.05, 3.63) is 142 Å². The molecule has 1 saturated heterocycles. The summed E-state index contributed by atoms with van der Waals surface area (Å²) in [5.41, 5.74) is 3.19. The number of benzene rings is 4. The van der Waals surface area contributed by atoms with E-state index in [0.717, 1.165) is 0 Å². The van der Waals surface area contributed by atoms with Crippen LogP contribution in [0.15, 0.2) is 121 Å². The van der Waals surface area contributed by atoms with Crippen LogP contribution in [0.4, 0.5) is 5.69 Å². The maximum atomic E-state index is 12.8. The molecule has 0 radical (unpaired) electrons. The number of anilines is 1. The molecule has 1 aliphatic rings. The molecule has 0 aliphatic carbocycles. The Balaban J connectivity index is 0.988. The molecule has 4 aromatic carbocycles. The molecule has 9 heteroatoms. The summed E-state index contributed by atoms with van der Waals surface area (Å²) >= 11 is 1.27. The molecule has 1 atom stereocenters. The number of thiophene rings is 1. The highest BCUT2D eigenvalue weighted by Crippen LogP contribution is 2.34. The smallest absolute Gasteiger partial charge is 0.353 e. The van der Waals surface area contributed by atoms with E-state index in [1.807, 2.05) is 30.3 Å². The van der Waals surface area contributed by atoms with Gasteiger partial charge >= 0.3 is 11.9 Å². The first-order valence-corrected chi connectivity index (χ1v) is 16.4. The van der Waals surface area contributed by atoms with Crippen LogP contribution < -0.4 is 14.4 Å². The van der Waals surface area contributed by atoms with Gasteiger partial charge < -0.3 is 19.1 Å². The Morgan fingerprint density at radius 1 is 0.771 bits per heavy atom. The van der Waals surface area contributed by atoms with Gasteiger partial charge in [0.1, 0.15) is 22.1 Å². The summed E-state index contributed by atoms with van der Waals surface area (Å²) < 4.78 is 16.6. The van der Waals surface area contributed by atoms with Gasteiger partial charge in [0.25, 0.3) is 0 Å². The number of rotatable bonds is 11. The monoisotopic (exact) mass is 659 g/mol. The third kappa shape index (κ3) is 7.37. The normalized spacial score (nSPS) is 14.4. The number of Topliss-reactive ketones (excluding diaryl/α,β-unsaturated/α-hetero) is 1. The minimum Gasteiger partial charge on any atom is -0.457 e. The summed E-state index contributed by atoms with van der Waals surface area (Å²) in [4.78, 5) is 52.4. The summed E-state index contributed by atoms with van der Waals surface area (Å²) in [6.45, 7) is 4.07. The average Bonchev–Trinajstić information content (AvgIpc) is 3.79. The molecular weight excluding hydrogens is 626 g/mol. The number of ether oxygens (including phenoxy) is 3. The quantitative estimate of drug-likeness (QED) is 0.0809. The highest BCUT2D eigenvalue weighted by atomic mass is 32.1. The van der Waals surface area contributed by atoms with Crippen molar-refractivity contribution in [3.8, 4) is 17.2 Å². The summed E-state index contributed by atoms with van der Waals surface area (Å²) in [7, 11) is 0. The maximum Gasteiger partial charge on any atom is 0.353 e.